The summed E-state index contributed by atoms with van der Waals surface area (Å²) in [5, 5.41) is 0. The van der Waals surface area contributed by atoms with Crippen LogP contribution in [0.1, 0.15) is 0 Å². The summed E-state index contributed by atoms with van der Waals surface area (Å²) < 4.78 is 24.8. The Morgan fingerprint density at radius 3 is 2.45 bits per heavy atom. The van der Waals surface area contributed by atoms with E-state index in [1.807, 2.05) is 16.7 Å². The zero-order chi connectivity index (χ0) is 14.3. The van der Waals surface area contributed by atoms with Crippen LogP contribution in [0.25, 0.3) is 16.7 Å². The van der Waals surface area contributed by atoms with Crippen LogP contribution >= 0.6 is 0 Å². The Morgan fingerprint density at radius 2 is 1.80 bits per heavy atom. The molecule has 1 aromatic heterocycles. The van der Waals surface area contributed by atoms with Gasteiger partial charge in [-0.1, -0.05) is 11.5 Å². The van der Waals surface area contributed by atoms with Gasteiger partial charge in [0.15, 0.2) is 9.84 Å². The van der Waals surface area contributed by atoms with Crippen molar-refractivity contribution in [3.05, 3.63) is 48.8 Å². The highest BCUT2D eigenvalue weighted by Gasteiger charge is 2.08. The standard InChI is InChI=1S/C14H11BN2O2S/c1-20(18,19)12-5-3-11(4-6-12)17-9-16-13-7-2-10(15)8-14(13)17/h2-9H,1H3. The molecule has 0 spiro atoms. The summed E-state index contributed by atoms with van der Waals surface area (Å²) in [6.07, 6.45) is 2.88. The molecule has 0 amide bonds. The highest BCUT2D eigenvalue weighted by molar-refractivity contribution is 7.90. The number of hydrogen-bond acceptors (Lipinski definition) is 3. The number of benzene rings is 2. The average molecular weight is 282 g/mol. The van der Waals surface area contributed by atoms with Gasteiger partial charge >= 0.3 is 0 Å². The van der Waals surface area contributed by atoms with Crippen molar-refractivity contribution in [1.29, 1.82) is 0 Å². The lowest BCUT2D eigenvalue weighted by Crippen LogP contribution is -2.02. The van der Waals surface area contributed by atoms with Crippen LogP contribution in [0.2, 0.25) is 0 Å². The summed E-state index contributed by atoms with van der Waals surface area (Å²) >= 11 is 0. The maximum atomic E-state index is 11.5. The van der Waals surface area contributed by atoms with Gasteiger partial charge in [-0.3, -0.25) is 4.57 Å². The van der Waals surface area contributed by atoms with Gasteiger partial charge in [-0.15, -0.1) is 0 Å². The second-order valence-corrected chi connectivity index (χ2v) is 6.64. The fourth-order valence-corrected chi connectivity index (χ4v) is 2.71. The Bertz CT molecular complexity index is 883. The minimum Gasteiger partial charge on any atom is -0.299 e. The van der Waals surface area contributed by atoms with Crippen molar-refractivity contribution in [2.75, 3.05) is 6.26 Å². The molecule has 3 aromatic rings. The maximum Gasteiger partial charge on any atom is 0.175 e. The third-order valence-electron chi connectivity index (χ3n) is 3.11. The number of hydrogen-bond donors (Lipinski definition) is 0. The molecule has 98 valence electrons. The molecule has 2 radical (unpaired) electrons. The van der Waals surface area contributed by atoms with Crippen molar-refractivity contribution in [1.82, 2.24) is 9.55 Å². The molecule has 0 saturated heterocycles. The highest BCUT2D eigenvalue weighted by Crippen LogP contribution is 2.18. The Kier molecular flexibility index (Phi) is 2.90. The normalized spacial score (nSPS) is 11.8. The first-order valence-electron chi connectivity index (χ1n) is 5.98. The molecule has 0 saturated carbocycles. The molecule has 6 heteroatoms. The fraction of sp³-hybridized carbons (Fsp3) is 0.0714. The van der Waals surface area contributed by atoms with Crippen molar-refractivity contribution in [2.45, 2.75) is 4.90 Å². The van der Waals surface area contributed by atoms with E-state index in [0.717, 1.165) is 16.7 Å². The topological polar surface area (TPSA) is 52.0 Å². The Hall–Kier alpha value is -2.08. The van der Waals surface area contributed by atoms with Gasteiger partial charge in [-0.2, -0.15) is 0 Å². The first-order chi connectivity index (χ1) is 9.45. The predicted octanol–water partition coefficient (Wildman–Crippen LogP) is 1.22. The summed E-state index contributed by atoms with van der Waals surface area (Å²) in [7, 11) is 2.61. The van der Waals surface area contributed by atoms with E-state index in [1.54, 1.807) is 36.7 Å². The van der Waals surface area contributed by atoms with Gasteiger partial charge in [0.2, 0.25) is 0 Å². The number of fused-ring (bicyclic) bond motifs is 1. The van der Waals surface area contributed by atoms with E-state index in [9.17, 15) is 8.42 Å². The van der Waals surface area contributed by atoms with E-state index in [4.69, 9.17) is 7.85 Å². The van der Waals surface area contributed by atoms with E-state index in [1.165, 1.54) is 6.26 Å². The van der Waals surface area contributed by atoms with Gasteiger partial charge in [0.25, 0.3) is 0 Å². The molecular formula is C14H11BN2O2S. The van der Waals surface area contributed by atoms with Gasteiger partial charge in [0.1, 0.15) is 14.2 Å². The number of nitrogens with zero attached hydrogens (tertiary/aromatic N) is 2. The van der Waals surface area contributed by atoms with E-state index < -0.39 is 9.84 Å². The summed E-state index contributed by atoms with van der Waals surface area (Å²) in [6.45, 7) is 0. The van der Waals surface area contributed by atoms with Gasteiger partial charge in [-0.25, -0.2) is 13.4 Å². The van der Waals surface area contributed by atoms with Crippen LogP contribution in [0.15, 0.2) is 53.7 Å². The van der Waals surface area contributed by atoms with Gasteiger partial charge in [0.05, 0.1) is 15.9 Å². The Labute approximate surface area is 118 Å². The van der Waals surface area contributed by atoms with Gasteiger partial charge < -0.3 is 0 Å². The molecule has 0 atom stereocenters. The summed E-state index contributed by atoms with van der Waals surface area (Å²) in [6, 6.07) is 12.2. The third kappa shape index (κ3) is 2.23. The van der Waals surface area contributed by atoms with Crippen LogP contribution in [0.5, 0.6) is 0 Å². The first kappa shape index (κ1) is 12.9. The lowest BCUT2D eigenvalue weighted by Gasteiger charge is -2.06. The minimum absolute atomic E-state index is 0.296. The second-order valence-electron chi connectivity index (χ2n) is 4.63. The molecule has 0 aliphatic rings. The molecule has 0 fully saturated rings. The van der Waals surface area contributed by atoms with Gasteiger partial charge in [0, 0.05) is 11.9 Å². The smallest absolute Gasteiger partial charge is 0.175 e. The van der Waals surface area contributed by atoms with E-state index in [0.29, 0.717) is 10.4 Å². The van der Waals surface area contributed by atoms with Crippen molar-refractivity contribution >= 4 is 34.2 Å². The monoisotopic (exact) mass is 282 g/mol. The number of aromatic nitrogens is 2. The van der Waals surface area contributed by atoms with Crippen molar-refractivity contribution in [3.63, 3.8) is 0 Å². The Balaban J connectivity index is 2.14. The SMILES string of the molecule is [B]c1ccc2ncn(-c3ccc(S(C)(=O)=O)cc3)c2c1. The fourth-order valence-electron chi connectivity index (χ4n) is 2.08. The molecule has 20 heavy (non-hydrogen) atoms. The van der Waals surface area contributed by atoms with Crippen LogP contribution in [-0.2, 0) is 9.84 Å². The molecule has 1 heterocycles. The van der Waals surface area contributed by atoms with Crippen LogP contribution in [0, 0.1) is 0 Å². The molecule has 0 unspecified atom stereocenters. The molecule has 0 aliphatic heterocycles. The highest BCUT2D eigenvalue weighted by atomic mass is 32.2. The van der Waals surface area contributed by atoms with Crippen LogP contribution in [0.4, 0.5) is 0 Å². The zero-order valence-corrected chi connectivity index (χ0v) is 11.6. The van der Waals surface area contributed by atoms with Crippen molar-refractivity contribution in [3.8, 4) is 5.69 Å². The molecule has 0 N–H and O–H groups in total. The van der Waals surface area contributed by atoms with E-state index >= 15 is 0 Å². The van der Waals surface area contributed by atoms with Crippen LogP contribution in [-0.4, -0.2) is 32.1 Å². The predicted molar refractivity (Wildman–Crippen MR) is 79.6 cm³/mol. The lowest BCUT2D eigenvalue weighted by molar-refractivity contribution is 0.602. The Morgan fingerprint density at radius 1 is 1.10 bits per heavy atom. The summed E-state index contributed by atoms with van der Waals surface area (Å²) in [4.78, 5) is 4.59. The van der Waals surface area contributed by atoms with Crippen LogP contribution in [0.3, 0.4) is 0 Å². The summed E-state index contributed by atoms with van der Waals surface area (Å²) in [5.41, 5.74) is 3.22. The lowest BCUT2D eigenvalue weighted by atomic mass is 9.96. The third-order valence-corrected chi connectivity index (χ3v) is 4.24. The molecular weight excluding hydrogens is 271 g/mol. The average Bonchev–Trinajstić information content (AvgIpc) is 2.81. The molecule has 0 bridgehead atoms. The van der Waals surface area contributed by atoms with Crippen LogP contribution < -0.4 is 5.46 Å². The zero-order valence-electron chi connectivity index (χ0n) is 10.8. The molecule has 2 aromatic carbocycles. The van der Waals surface area contributed by atoms with E-state index in [-0.39, 0.29) is 0 Å². The van der Waals surface area contributed by atoms with Gasteiger partial charge in [-0.05, 0) is 36.4 Å². The summed E-state index contributed by atoms with van der Waals surface area (Å²) in [5.74, 6) is 0. The number of rotatable bonds is 2. The van der Waals surface area contributed by atoms with Crippen molar-refractivity contribution in [2.24, 2.45) is 0 Å². The second kappa shape index (κ2) is 4.49. The van der Waals surface area contributed by atoms with E-state index in [2.05, 4.69) is 4.98 Å². The largest absolute Gasteiger partial charge is 0.299 e. The number of imidazole rings is 1. The minimum atomic E-state index is -3.18. The first-order valence-corrected chi connectivity index (χ1v) is 7.87. The molecule has 3 rings (SSSR count). The maximum absolute atomic E-state index is 11.5. The number of sulfone groups is 1. The molecule has 0 aliphatic carbocycles. The van der Waals surface area contributed by atoms with Crippen molar-refractivity contribution < 1.29 is 8.42 Å². The quantitative estimate of drug-likeness (QED) is 0.664. The molecule has 4 nitrogen and oxygen atoms in total.